The molecule has 0 aliphatic rings. The second kappa shape index (κ2) is 6.12. The summed E-state index contributed by atoms with van der Waals surface area (Å²) in [4.78, 5) is 3.94. The van der Waals surface area contributed by atoms with Crippen molar-refractivity contribution in [2.24, 2.45) is 0 Å². The van der Waals surface area contributed by atoms with Crippen LogP contribution in [-0.2, 0) is 20.9 Å². The van der Waals surface area contributed by atoms with Gasteiger partial charge in [-0.3, -0.25) is 0 Å². The quantitative estimate of drug-likeness (QED) is 0.623. The van der Waals surface area contributed by atoms with Gasteiger partial charge >= 0.3 is 12.7 Å². The molecule has 6 nitrogen and oxygen atoms in total. The zero-order chi connectivity index (χ0) is 14.4. The van der Waals surface area contributed by atoms with E-state index in [1.807, 2.05) is 42.5 Å². The van der Waals surface area contributed by atoms with Crippen molar-refractivity contribution in [2.45, 2.75) is 0 Å². The van der Waals surface area contributed by atoms with E-state index in [0.29, 0.717) is 0 Å². The van der Waals surface area contributed by atoms with Crippen molar-refractivity contribution in [3.05, 3.63) is 36.7 Å². The number of para-hydroxylation sites is 1. The molecule has 0 unspecified atom stereocenters. The molecule has 2 rings (SSSR count). The van der Waals surface area contributed by atoms with E-state index >= 15 is 0 Å². The Morgan fingerprint density at radius 2 is 1.80 bits per heavy atom. The lowest BCUT2D eigenvalue weighted by atomic mass is 10.3. The zero-order valence-corrected chi connectivity index (χ0v) is 11.8. The van der Waals surface area contributed by atoms with E-state index < -0.39 is 6.72 Å². The van der Waals surface area contributed by atoms with Crippen molar-refractivity contribution in [3.63, 3.8) is 0 Å². The summed E-state index contributed by atoms with van der Waals surface area (Å²) in [6.45, 7) is -3.30. The van der Waals surface area contributed by atoms with Gasteiger partial charge in [-0.15, -0.1) is 5.10 Å². The number of terminal acetylenes is 2. The van der Waals surface area contributed by atoms with Crippen LogP contribution in [0.1, 0.15) is 0 Å². The van der Waals surface area contributed by atoms with Gasteiger partial charge in [-0.2, -0.15) is 4.98 Å². The molecule has 0 N–H and O–H groups in total. The fourth-order valence-corrected chi connectivity index (χ4v) is 2.39. The minimum Gasteiger partial charge on any atom is -0.369 e. The van der Waals surface area contributed by atoms with E-state index in [1.54, 1.807) is 0 Å². The van der Waals surface area contributed by atoms with E-state index in [9.17, 15) is 0 Å². The normalized spacial score (nSPS) is 10.1. The van der Waals surface area contributed by atoms with E-state index in [-0.39, 0.29) is 6.01 Å². The van der Waals surface area contributed by atoms with Crippen LogP contribution < -0.4 is 4.52 Å². The highest BCUT2D eigenvalue weighted by molar-refractivity contribution is 8.07. The predicted octanol–water partition coefficient (Wildman–Crippen LogP) is 2.09. The minimum atomic E-state index is -3.30. The highest BCUT2D eigenvalue weighted by Gasteiger charge is 2.26. The van der Waals surface area contributed by atoms with Crippen LogP contribution in [0.25, 0.3) is 5.69 Å². The summed E-state index contributed by atoms with van der Waals surface area (Å²) >= 11 is 4.98. The molecular formula is C12H8N3O3PS. The highest BCUT2D eigenvalue weighted by Crippen LogP contribution is 2.48. The van der Waals surface area contributed by atoms with Crippen LogP contribution in [0.3, 0.4) is 0 Å². The van der Waals surface area contributed by atoms with Gasteiger partial charge in [0.25, 0.3) is 0 Å². The Morgan fingerprint density at radius 1 is 1.15 bits per heavy atom. The van der Waals surface area contributed by atoms with Crippen LogP contribution in [0.5, 0.6) is 6.01 Å². The first-order valence-corrected chi connectivity index (χ1v) is 7.77. The van der Waals surface area contributed by atoms with Gasteiger partial charge in [0.2, 0.25) is 0 Å². The first-order chi connectivity index (χ1) is 9.67. The summed E-state index contributed by atoms with van der Waals surface area (Å²) in [5.74, 6) is 0. The fourth-order valence-electron chi connectivity index (χ4n) is 1.28. The number of aromatic nitrogens is 3. The predicted molar refractivity (Wildman–Crippen MR) is 76.1 cm³/mol. The van der Waals surface area contributed by atoms with E-state index in [1.165, 1.54) is 11.0 Å². The van der Waals surface area contributed by atoms with Crippen molar-refractivity contribution >= 4 is 18.5 Å². The average Bonchev–Trinajstić information content (AvgIpc) is 2.88. The molecule has 2 aromatic rings. The van der Waals surface area contributed by atoms with Crippen molar-refractivity contribution in [2.75, 3.05) is 0 Å². The number of nitrogens with zero attached hydrogens (tertiary/aromatic N) is 3. The molecule has 1 aromatic heterocycles. The largest absolute Gasteiger partial charge is 0.509 e. The molecule has 20 heavy (non-hydrogen) atoms. The summed E-state index contributed by atoms with van der Waals surface area (Å²) in [6.07, 6.45) is 15.3. The Morgan fingerprint density at radius 3 is 2.40 bits per heavy atom. The smallest absolute Gasteiger partial charge is 0.369 e. The molecule has 0 fully saturated rings. The van der Waals surface area contributed by atoms with Crippen LogP contribution in [0.15, 0.2) is 36.7 Å². The summed E-state index contributed by atoms with van der Waals surface area (Å²) in [5, 5.41) is 4.08. The standard InChI is InChI=1S/C12H8N3O3PS/c1-3-16-19(20,17-4-2)18-12-13-10-15(14-12)11-8-6-5-7-9-11/h1-2,5-10H. The molecule has 100 valence electrons. The third-order valence-electron chi connectivity index (χ3n) is 2.01. The van der Waals surface area contributed by atoms with Gasteiger partial charge in [-0.25, -0.2) is 4.68 Å². The maximum atomic E-state index is 5.24. The Labute approximate surface area is 120 Å². The van der Waals surface area contributed by atoms with E-state index in [0.717, 1.165) is 5.69 Å². The van der Waals surface area contributed by atoms with Gasteiger partial charge in [0.15, 0.2) is 0 Å². The fraction of sp³-hybridized carbons (Fsp3) is 0. The van der Waals surface area contributed by atoms with Crippen molar-refractivity contribution in [1.82, 2.24) is 14.8 Å². The first-order valence-electron chi connectivity index (χ1n) is 5.22. The Kier molecular flexibility index (Phi) is 4.27. The SMILES string of the molecule is C#COP(=S)(OC#C)Oc1ncn(-c2ccccc2)n1. The molecule has 8 heteroatoms. The van der Waals surface area contributed by atoms with E-state index in [4.69, 9.17) is 38.2 Å². The van der Waals surface area contributed by atoms with Crippen LogP contribution in [0.4, 0.5) is 0 Å². The van der Waals surface area contributed by atoms with Crippen molar-refractivity contribution in [1.29, 1.82) is 0 Å². The second-order valence-electron chi connectivity index (χ2n) is 3.26. The molecule has 0 bridgehead atoms. The summed E-state index contributed by atoms with van der Waals surface area (Å²) < 4.78 is 16.3. The Balaban J connectivity index is 2.20. The van der Waals surface area contributed by atoms with Crippen LogP contribution in [-0.4, -0.2) is 14.8 Å². The molecule has 0 aliphatic carbocycles. The maximum absolute atomic E-state index is 5.24. The topological polar surface area (TPSA) is 58.4 Å². The maximum Gasteiger partial charge on any atom is 0.509 e. The van der Waals surface area contributed by atoms with Gasteiger partial charge in [0, 0.05) is 11.8 Å². The van der Waals surface area contributed by atoms with E-state index in [2.05, 4.69) is 10.1 Å². The molecule has 0 saturated heterocycles. The summed E-state index contributed by atoms with van der Waals surface area (Å²) in [7, 11) is 0. The number of benzene rings is 1. The Bertz CT molecular complexity index is 698. The third-order valence-corrected chi connectivity index (χ3v) is 3.73. The highest BCUT2D eigenvalue weighted by atomic mass is 32.5. The molecule has 1 aromatic carbocycles. The van der Waals surface area contributed by atoms with Crippen LogP contribution in [0, 0.1) is 25.1 Å². The van der Waals surface area contributed by atoms with Gasteiger partial charge in [-0.05, 0) is 12.1 Å². The molecule has 0 aliphatic heterocycles. The Hall–Kier alpha value is -2.47. The number of rotatable bonds is 5. The van der Waals surface area contributed by atoms with Crippen molar-refractivity contribution in [3.8, 4) is 36.8 Å². The molecular weight excluding hydrogens is 297 g/mol. The van der Waals surface area contributed by atoms with Crippen LogP contribution >= 0.6 is 6.72 Å². The summed E-state index contributed by atoms with van der Waals surface area (Å²) in [6, 6.07) is 9.28. The second-order valence-corrected chi connectivity index (χ2v) is 6.05. The molecule has 0 atom stereocenters. The lowest BCUT2D eigenvalue weighted by Gasteiger charge is -2.13. The summed E-state index contributed by atoms with van der Waals surface area (Å²) in [5.41, 5.74) is 0.805. The van der Waals surface area contributed by atoms with Gasteiger partial charge in [0.1, 0.15) is 18.5 Å². The van der Waals surface area contributed by atoms with Gasteiger partial charge in [-0.1, -0.05) is 31.0 Å². The lowest BCUT2D eigenvalue weighted by molar-refractivity contribution is 0.341. The minimum absolute atomic E-state index is 0.0392. The van der Waals surface area contributed by atoms with Gasteiger partial charge < -0.3 is 13.6 Å². The van der Waals surface area contributed by atoms with Gasteiger partial charge in [0.05, 0.1) is 5.69 Å². The van der Waals surface area contributed by atoms with Crippen LogP contribution in [0.2, 0.25) is 0 Å². The molecule has 0 radical (unpaired) electrons. The molecule has 0 saturated carbocycles. The third kappa shape index (κ3) is 3.30. The first kappa shape index (κ1) is 14.0. The number of hydrogen-bond acceptors (Lipinski definition) is 6. The zero-order valence-electron chi connectivity index (χ0n) is 10.0. The average molecular weight is 305 g/mol. The molecule has 1 heterocycles. The molecule has 0 spiro atoms. The lowest BCUT2D eigenvalue weighted by Crippen LogP contribution is -1.99. The number of hydrogen-bond donors (Lipinski definition) is 0. The van der Waals surface area contributed by atoms with Crippen molar-refractivity contribution < 1.29 is 13.6 Å². The molecule has 0 amide bonds. The monoisotopic (exact) mass is 305 g/mol.